The standard InChI is InChI=1S/C41H35N3O/c1-41(2,3)29-13-11-17-32(25-29)44-37-20-8-7-19-35(37)36-24-23-34(27-40(36)44)45-33-18-12-16-31(26-33)43-28-42(30-14-5-4-6-15-30)38-21-9-10-22-39(38)43/h4-27H,28H2,1-3H3. The minimum atomic E-state index is 0.0576. The van der Waals surface area contributed by atoms with E-state index in [-0.39, 0.29) is 5.41 Å². The number of benzene rings is 6. The van der Waals surface area contributed by atoms with Gasteiger partial charge >= 0.3 is 0 Å². The van der Waals surface area contributed by atoms with E-state index in [1.807, 2.05) is 6.07 Å². The highest BCUT2D eigenvalue weighted by molar-refractivity contribution is 6.09. The quantitative estimate of drug-likeness (QED) is 0.200. The van der Waals surface area contributed by atoms with Crippen molar-refractivity contribution in [2.24, 2.45) is 0 Å². The number of anilines is 4. The van der Waals surface area contributed by atoms with Gasteiger partial charge in [0.1, 0.15) is 18.2 Å². The summed E-state index contributed by atoms with van der Waals surface area (Å²) < 4.78 is 8.96. The van der Waals surface area contributed by atoms with Gasteiger partial charge in [0.25, 0.3) is 0 Å². The molecule has 0 amide bonds. The molecule has 0 unspecified atom stereocenters. The zero-order valence-electron chi connectivity index (χ0n) is 25.8. The van der Waals surface area contributed by atoms with Crippen LogP contribution in [0, 0.1) is 0 Å². The van der Waals surface area contributed by atoms with Crippen LogP contribution in [-0.4, -0.2) is 11.2 Å². The van der Waals surface area contributed by atoms with Gasteiger partial charge in [0.05, 0.1) is 22.4 Å². The molecule has 0 aliphatic carbocycles. The Morgan fingerprint density at radius 3 is 1.91 bits per heavy atom. The fourth-order valence-corrected chi connectivity index (χ4v) is 6.52. The van der Waals surface area contributed by atoms with Crippen molar-refractivity contribution in [3.05, 3.63) is 151 Å². The molecule has 0 fully saturated rings. The van der Waals surface area contributed by atoms with E-state index in [0.717, 1.165) is 35.1 Å². The maximum Gasteiger partial charge on any atom is 0.129 e. The first-order chi connectivity index (χ1) is 21.9. The van der Waals surface area contributed by atoms with Crippen molar-refractivity contribution in [3.8, 4) is 17.2 Å². The Bertz CT molecular complexity index is 2170. The van der Waals surface area contributed by atoms with Crippen LogP contribution in [0.15, 0.2) is 146 Å². The largest absolute Gasteiger partial charge is 0.457 e. The van der Waals surface area contributed by atoms with Crippen LogP contribution in [-0.2, 0) is 5.41 Å². The Morgan fingerprint density at radius 1 is 0.489 bits per heavy atom. The second kappa shape index (κ2) is 10.6. The zero-order chi connectivity index (χ0) is 30.5. The SMILES string of the molecule is CC(C)(C)c1cccc(-n2c3ccccc3c3ccc(Oc4cccc(N5CN(c6ccccc6)c6ccccc65)c4)cc32)c1. The lowest BCUT2D eigenvalue weighted by molar-refractivity contribution is 0.483. The third-order valence-electron chi connectivity index (χ3n) is 8.79. The summed E-state index contributed by atoms with van der Waals surface area (Å²) in [5.41, 5.74) is 9.49. The van der Waals surface area contributed by atoms with Crippen molar-refractivity contribution < 1.29 is 4.74 Å². The molecule has 2 heterocycles. The van der Waals surface area contributed by atoms with Gasteiger partial charge in [0, 0.05) is 40.0 Å². The van der Waals surface area contributed by atoms with Gasteiger partial charge in [-0.2, -0.15) is 0 Å². The lowest BCUT2D eigenvalue weighted by Gasteiger charge is -2.22. The van der Waals surface area contributed by atoms with Gasteiger partial charge in [0.2, 0.25) is 0 Å². The maximum atomic E-state index is 6.60. The molecule has 0 saturated heterocycles. The minimum Gasteiger partial charge on any atom is -0.457 e. The van der Waals surface area contributed by atoms with Gasteiger partial charge in [-0.05, 0) is 77.7 Å². The number of fused-ring (bicyclic) bond motifs is 4. The number of hydrogen-bond donors (Lipinski definition) is 0. The van der Waals surface area contributed by atoms with Gasteiger partial charge in [-0.3, -0.25) is 0 Å². The molecular weight excluding hydrogens is 550 g/mol. The van der Waals surface area contributed by atoms with E-state index >= 15 is 0 Å². The predicted octanol–water partition coefficient (Wildman–Crippen LogP) is 11.1. The first-order valence-corrected chi connectivity index (χ1v) is 15.6. The van der Waals surface area contributed by atoms with E-state index in [9.17, 15) is 0 Å². The van der Waals surface area contributed by atoms with E-state index in [0.29, 0.717) is 0 Å². The molecule has 8 rings (SSSR count). The normalized spacial score (nSPS) is 13.0. The molecule has 0 spiro atoms. The fourth-order valence-electron chi connectivity index (χ4n) is 6.52. The highest BCUT2D eigenvalue weighted by Gasteiger charge is 2.28. The van der Waals surface area contributed by atoms with Gasteiger partial charge < -0.3 is 19.1 Å². The van der Waals surface area contributed by atoms with Gasteiger partial charge in [0.15, 0.2) is 0 Å². The number of nitrogens with zero attached hydrogens (tertiary/aromatic N) is 3. The third kappa shape index (κ3) is 4.79. The van der Waals surface area contributed by atoms with Gasteiger partial charge in [-0.25, -0.2) is 0 Å². The smallest absolute Gasteiger partial charge is 0.129 e. The molecule has 4 nitrogen and oxygen atoms in total. The molecule has 0 N–H and O–H groups in total. The summed E-state index contributed by atoms with van der Waals surface area (Å²) in [5, 5.41) is 2.44. The van der Waals surface area contributed by atoms with E-state index < -0.39 is 0 Å². The van der Waals surface area contributed by atoms with Crippen LogP contribution in [0.4, 0.5) is 22.7 Å². The lowest BCUT2D eigenvalue weighted by Crippen LogP contribution is -2.23. The second-order valence-corrected chi connectivity index (χ2v) is 12.8. The fraction of sp³-hybridized carbons (Fsp3) is 0.122. The molecule has 0 saturated carbocycles. The van der Waals surface area contributed by atoms with Crippen molar-refractivity contribution in [2.45, 2.75) is 26.2 Å². The van der Waals surface area contributed by atoms with Gasteiger partial charge in [-0.15, -0.1) is 0 Å². The molecule has 0 radical (unpaired) electrons. The Balaban J connectivity index is 1.17. The number of ether oxygens (including phenoxy) is 1. The van der Waals surface area contributed by atoms with Crippen LogP contribution in [0.5, 0.6) is 11.5 Å². The average Bonchev–Trinajstić information content (AvgIpc) is 3.61. The topological polar surface area (TPSA) is 20.6 Å². The average molecular weight is 586 g/mol. The Hall–Kier alpha value is -5.48. The molecule has 7 aromatic rings. The molecule has 220 valence electrons. The first-order valence-electron chi connectivity index (χ1n) is 15.6. The van der Waals surface area contributed by atoms with Crippen molar-refractivity contribution in [1.82, 2.24) is 4.57 Å². The number of rotatable bonds is 5. The number of aromatic nitrogens is 1. The summed E-state index contributed by atoms with van der Waals surface area (Å²) >= 11 is 0. The molecule has 1 aromatic heterocycles. The van der Waals surface area contributed by atoms with E-state index in [1.54, 1.807) is 0 Å². The molecule has 0 bridgehead atoms. The summed E-state index contributed by atoms with van der Waals surface area (Å²) in [7, 11) is 0. The van der Waals surface area contributed by atoms with Crippen molar-refractivity contribution >= 4 is 44.6 Å². The summed E-state index contributed by atoms with van der Waals surface area (Å²) in [5.74, 6) is 1.61. The van der Waals surface area contributed by atoms with Crippen LogP contribution >= 0.6 is 0 Å². The molecule has 4 heteroatoms. The highest BCUT2D eigenvalue weighted by atomic mass is 16.5. The molecule has 0 atom stereocenters. The summed E-state index contributed by atoms with van der Waals surface area (Å²) in [6.45, 7) is 7.51. The first kappa shape index (κ1) is 27.1. The van der Waals surface area contributed by atoms with E-state index in [2.05, 4.69) is 175 Å². The van der Waals surface area contributed by atoms with E-state index in [4.69, 9.17) is 4.74 Å². The lowest BCUT2D eigenvalue weighted by atomic mass is 9.87. The van der Waals surface area contributed by atoms with Crippen molar-refractivity contribution in [2.75, 3.05) is 16.5 Å². The summed E-state index contributed by atoms with van der Waals surface area (Å²) in [6, 6.07) is 51.5. The zero-order valence-corrected chi connectivity index (χ0v) is 25.8. The van der Waals surface area contributed by atoms with Crippen LogP contribution < -0.4 is 14.5 Å². The highest BCUT2D eigenvalue weighted by Crippen LogP contribution is 2.45. The second-order valence-electron chi connectivity index (χ2n) is 12.8. The van der Waals surface area contributed by atoms with Crippen molar-refractivity contribution in [1.29, 1.82) is 0 Å². The molecule has 1 aliphatic rings. The Kier molecular flexibility index (Phi) is 6.38. The number of para-hydroxylation sites is 4. The molecular formula is C41H35N3O. The van der Waals surface area contributed by atoms with Crippen LogP contribution in [0.3, 0.4) is 0 Å². The maximum absolute atomic E-state index is 6.60. The molecule has 6 aromatic carbocycles. The third-order valence-corrected chi connectivity index (χ3v) is 8.79. The minimum absolute atomic E-state index is 0.0576. The van der Waals surface area contributed by atoms with E-state index in [1.165, 1.54) is 38.9 Å². The molecule has 1 aliphatic heterocycles. The Morgan fingerprint density at radius 2 is 1.11 bits per heavy atom. The summed E-state index contributed by atoms with van der Waals surface area (Å²) in [4.78, 5) is 4.70. The van der Waals surface area contributed by atoms with Crippen LogP contribution in [0.2, 0.25) is 0 Å². The molecule has 45 heavy (non-hydrogen) atoms. The monoisotopic (exact) mass is 585 g/mol. The summed E-state index contributed by atoms with van der Waals surface area (Å²) in [6.07, 6.45) is 0. The van der Waals surface area contributed by atoms with Gasteiger partial charge in [-0.1, -0.05) is 87.5 Å². The number of hydrogen-bond acceptors (Lipinski definition) is 3. The predicted molar refractivity (Wildman–Crippen MR) is 188 cm³/mol. The van der Waals surface area contributed by atoms with Crippen LogP contribution in [0.1, 0.15) is 26.3 Å². The van der Waals surface area contributed by atoms with Crippen LogP contribution in [0.25, 0.3) is 27.5 Å². The van der Waals surface area contributed by atoms with Crippen molar-refractivity contribution in [3.63, 3.8) is 0 Å². The Labute approximate surface area is 264 Å².